The van der Waals surface area contributed by atoms with Gasteiger partial charge in [-0.1, -0.05) is 0 Å². The van der Waals surface area contributed by atoms with Crippen molar-refractivity contribution >= 4 is 23.5 Å². The lowest BCUT2D eigenvalue weighted by Gasteiger charge is -2.12. The second kappa shape index (κ2) is 8.12. The van der Waals surface area contributed by atoms with Crippen LogP contribution in [0.3, 0.4) is 0 Å². The van der Waals surface area contributed by atoms with Gasteiger partial charge in [0, 0.05) is 27.2 Å². The van der Waals surface area contributed by atoms with Gasteiger partial charge in [-0.05, 0) is 38.3 Å². The van der Waals surface area contributed by atoms with Crippen molar-refractivity contribution in [3.8, 4) is 0 Å². The molecule has 0 unspecified atom stereocenters. The van der Waals surface area contributed by atoms with E-state index in [0.717, 1.165) is 26.0 Å². The molecule has 1 rings (SSSR count). The van der Waals surface area contributed by atoms with E-state index in [2.05, 4.69) is 20.3 Å². The zero-order valence-electron chi connectivity index (χ0n) is 12.0. The SMILES string of the molecule is CC(C)OCCCCNc1nc(Cl)nc(N(C)C)n1. The van der Waals surface area contributed by atoms with E-state index in [4.69, 9.17) is 16.3 Å². The number of hydrogen-bond acceptors (Lipinski definition) is 6. The van der Waals surface area contributed by atoms with Crippen molar-refractivity contribution in [3.05, 3.63) is 5.28 Å². The van der Waals surface area contributed by atoms with Gasteiger partial charge in [-0.3, -0.25) is 0 Å². The lowest BCUT2D eigenvalue weighted by molar-refractivity contribution is 0.0765. The van der Waals surface area contributed by atoms with E-state index in [1.165, 1.54) is 0 Å². The lowest BCUT2D eigenvalue weighted by atomic mass is 10.3. The van der Waals surface area contributed by atoms with Gasteiger partial charge in [0.1, 0.15) is 0 Å². The highest BCUT2D eigenvalue weighted by atomic mass is 35.5. The minimum atomic E-state index is 0.198. The summed E-state index contributed by atoms with van der Waals surface area (Å²) in [5.41, 5.74) is 0. The van der Waals surface area contributed by atoms with Crippen LogP contribution < -0.4 is 10.2 Å². The maximum atomic E-state index is 5.84. The summed E-state index contributed by atoms with van der Waals surface area (Å²) in [5, 5.41) is 3.34. The van der Waals surface area contributed by atoms with Gasteiger partial charge in [-0.25, -0.2) is 0 Å². The minimum absolute atomic E-state index is 0.198. The first-order valence-electron chi connectivity index (χ1n) is 6.43. The summed E-state index contributed by atoms with van der Waals surface area (Å²) in [6, 6.07) is 0. The fourth-order valence-electron chi connectivity index (χ4n) is 1.36. The molecule has 1 N–H and O–H groups in total. The predicted octanol–water partition coefficient (Wildman–Crippen LogP) is 2.21. The molecule has 0 bridgehead atoms. The van der Waals surface area contributed by atoms with E-state index in [1.807, 2.05) is 27.9 Å². The fraction of sp³-hybridized carbons (Fsp3) is 0.750. The summed E-state index contributed by atoms with van der Waals surface area (Å²) < 4.78 is 5.47. The van der Waals surface area contributed by atoms with Crippen LogP contribution in [0.4, 0.5) is 11.9 Å². The Bertz CT molecular complexity index is 386. The van der Waals surface area contributed by atoms with Gasteiger partial charge < -0.3 is 15.0 Å². The molecule has 0 amide bonds. The molecule has 0 aliphatic heterocycles. The molecule has 1 heterocycles. The number of unbranched alkanes of at least 4 members (excludes halogenated alkanes) is 1. The second-order valence-electron chi connectivity index (χ2n) is 4.68. The van der Waals surface area contributed by atoms with Gasteiger partial charge in [0.05, 0.1) is 6.10 Å². The van der Waals surface area contributed by atoms with Crippen LogP contribution in [-0.4, -0.2) is 48.3 Å². The number of aromatic nitrogens is 3. The molecule has 0 radical (unpaired) electrons. The minimum Gasteiger partial charge on any atom is -0.379 e. The number of ether oxygens (including phenoxy) is 1. The molecule has 0 aliphatic rings. The van der Waals surface area contributed by atoms with E-state index < -0.39 is 0 Å². The highest BCUT2D eigenvalue weighted by Crippen LogP contribution is 2.11. The van der Waals surface area contributed by atoms with Crippen LogP contribution in [0.2, 0.25) is 5.28 Å². The summed E-state index contributed by atoms with van der Waals surface area (Å²) in [6.07, 6.45) is 2.29. The third-order valence-corrected chi connectivity index (χ3v) is 2.47. The standard InChI is InChI=1S/C12H22ClN5O/c1-9(2)19-8-6-5-7-14-11-15-10(13)16-12(17-11)18(3)4/h9H,5-8H2,1-4H3,(H,14,15,16,17). The summed E-state index contributed by atoms with van der Waals surface area (Å²) in [4.78, 5) is 14.1. The Morgan fingerprint density at radius 2 is 1.95 bits per heavy atom. The second-order valence-corrected chi connectivity index (χ2v) is 5.01. The van der Waals surface area contributed by atoms with Gasteiger partial charge >= 0.3 is 0 Å². The van der Waals surface area contributed by atoms with Crippen LogP contribution in [0, 0.1) is 0 Å². The number of halogens is 1. The Balaban J connectivity index is 2.33. The van der Waals surface area contributed by atoms with Crippen LogP contribution in [0.15, 0.2) is 0 Å². The molecule has 108 valence electrons. The van der Waals surface area contributed by atoms with Gasteiger partial charge in [0.25, 0.3) is 0 Å². The zero-order valence-corrected chi connectivity index (χ0v) is 12.7. The Morgan fingerprint density at radius 1 is 1.21 bits per heavy atom. The number of nitrogens with zero attached hydrogens (tertiary/aromatic N) is 4. The van der Waals surface area contributed by atoms with Crippen molar-refractivity contribution in [2.75, 3.05) is 37.5 Å². The maximum Gasteiger partial charge on any atom is 0.230 e. The predicted molar refractivity (Wildman–Crippen MR) is 78.0 cm³/mol. The van der Waals surface area contributed by atoms with Crippen molar-refractivity contribution in [2.45, 2.75) is 32.8 Å². The van der Waals surface area contributed by atoms with Crippen molar-refractivity contribution in [2.24, 2.45) is 0 Å². The molecule has 19 heavy (non-hydrogen) atoms. The summed E-state index contributed by atoms with van der Waals surface area (Å²) in [5.74, 6) is 1.05. The quantitative estimate of drug-likeness (QED) is 0.740. The fourth-order valence-corrected chi connectivity index (χ4v) is 1.52. The van der Waals surface area contributed by atoms with Crippen molar-refractivity contribution in [1.29, 1.82) is 0 Å². The molecule has 0 spiro atoms. The van der Waals surface area contributed by atoms with Crippen LogP contribution in [0.1, 0.15) is 26.7 Å². The van der Waals surface area contributed by atoms with Gasteiger partial charge in [0.2, 0.25) is 17.2 Å². The monoisotopic (exact) mass is 287 g/mol. The number of rotatable bonds is 8. The van der Waals surface area contributed by atoms with E-state index in [-0.39, 0.29) is 11.4 Å². The molecule has 1 aromatic heterocycles. The van der Waals surface area contributed by atoms with Crippen molar-refractivity contribution < 1.29 is 4.74 Å². The Morgan fingerprint density at radius 3 is 2.58 bits per heavy atom. The molecule has 0 fully saturated rings. The van der Waals surface area contributed by atoms with Crippen molar-refractivity contribution in [3.63, 3.8) is 0 Å². The average molecular weight is 288 g/mol. The first-order chi connectivity index (χ1) is 8.99. The van der Waals surface area contributed by atoms with Gasteiger partial charge in [-0.15, -0.1) is 0 Å². The van der Waals surface area contributed by atoms with Gasteiger partial charge in [-0.2, -0.15) is 15.0 Å². The van der Waals surface area contributed by atoms with E-state index in [1.54, 1.807) is 4.90 Å². The lowest BCUT2D eigenvalue weighted by Crippen LogP contribution is -2.15. The number of nitrogens with one attached hydrogen (secondary N) is 1. The summed E-state index contributed by atoms with van der Waals surface area (Å²) in [7, 11) is 3.72. The van der Waals surface area contributed by atoms with E-state index in [9.17, 15) is 0 Å². The Kier molecular flexibility index (Phi) is 6.80. The highest BCUT2D eigenvalue weighted by molar-refractivity contribution is 6.28. The zero-order chi connectivity index (χ0) is 14.3. The molecule has 6 nitrogen and oxygen atoms in total. The average Bonchev–Trinajstić information content (AvgIpc) is 2.32. The van der Waals surface area contributed by atoms with E-state index in [0.29, 0.717) is 11.9 Å². The first kappa shape index (κ1) is 15.9. The molecule has 7 heteroatoms. The molecular formula is C12H22ClN5O. The first-order valence-corrected chi connectivity index (χ1v) is 6.81. The van der Waals surface area contributed by atoms with Crippen LogP contribution in [0.5, 0.6) is 0 Å². The Labute approximate surface area is 119 Å². The van der Waals surface area contributed by atoms with Crippen LogP contribution >= 0.6 is 11.6 Å². The number of anilines is 2. The van der Waals surface area contributed by atoms with Gasteiger partial charge in [0.15, 0.2) is 0 Å². The largest absolute Gasteiger partial charge is 0.379 e. The smallest absolute Gasteiger partial charge is 0.230 e. The molecule has 0 atom stereocenters. The Hall–Kier alpha value is -1.14. The molecule has 0 saturated heterocycles. The molecule has 0 aliphatic carbocycles. The van der Waals surface area contributed by atoms with Crippen LogP contribution in [0.25, 0.3) is 0 Å². The number of hydrogen-bond donors (Lipinski definition) is 1. The maximum absolute atomic E-state index is 5.84. The highest BCUT2D eigenvalue weighted by Gasteiger charge is 2.05. The third-order valence-electron chi connectivity index (χ3n) is 2.30. The summed E-state index contributed by atoms with van der Waals surface area (Å²) >= 11 is 5.84. The third kappa shape index (κ3) is 6.54. The molecular weight excluding hydrogens is 266 g/mol. The normalized spacial score (nSPS) is 10.8. The van der Waals surface area contributed by atoms with E-state index >= 15 is 0 Å². The van der Waals surface area contributed by atoms with Crippen LogP contribution in [-0.2, 0) is 4.74 Å². The topological polar surface area (TPSA) is 63.2 Å². The molecule has 0 saturated carbocycles. The molecule has 0 aromatic carbocycles. The van der Waals surface area contributed by atoms with Crippen molar-refractivity contribution in [1.82, 2.24) is 15.0 Å². The molecule has 1 aromatic rings. The summed E-state index contributed by atoms with van der Waals surface area (Å²) in [6.45, 7) is 5.64.